The lowest BCUT2D eigenvalue weighted by atomic mass is 9.93. The first-order chi connectivity index (χ1) is 13.5. The number of nitrogens with zero attached hydrogens (tertiary/aromatic N) is 4. The summed E-state index contributed by atoms with van der Waals surface area (Å²) in [6, 6.07) is 1.94. The third-order valence-corrected chi connectivity index (χ3v) is 9.34. The molecule has 3 atom stereocenters. The highest BCUT2D eigenvalue weighted by Crippen LogP contribution is 2.47. The van der Waals surface area contributed by atoms with E-state index in [1.165, 1.54) is 0 Å². The summed E-state index contributed by atoms with van der Waals surface area (Å²) in [5.74, 6) is 1.45. The van der Waals surface area contributed by atoms with Gasteiger partial charge in [-0.05, 0) is 44.1 Å². The maximum absolute atomic E-state index is 12.9. The Balaban J connectivity index is 1.47. The Kier molecular flexibility index (Phi) is 4.03. The Hall–Kier alpha value is -2.00. The van der Waals surface area contributed by atoms with Crippen LogP contribution in [-0.2, 0) is 10.0 Å². The summed E-state index contributed by atoms with van der Waals surface area (Å²) >= 11 is 0. The maximum Gasteiger partial charge on any atom is 0.217 e. The van der Waals surface area contributed by atoms with E-state index < -0.39 is 14.8 Å². The van der Waals surface area contributed by atoms with Crippen molar-refractivity contribution in [1.29, 1.82) is 0 Å². The highest BCUT2D eigenvalue weighted by Gasteiger charge is 2.54. The normalized spacial score (nSPS) is 27.0. The van der Waals surface area contributed by atoms with Crippen molar-refractivity contribution in [3.8, 4) is 0 Å². The predicted octanol–water partition coefficient (Wildman–Crippen LogP) is 2.74. The van der Waals surface area contributed by atoms with Gasteiger partial charge in [-0.25, -0.2) is 18.1 Å². The molecule has 8 nitrogen and oxygen atoms in total. The second-order valence-electron chi connectivity index (χ2n) is 8.32. The summed E-state index contributed by atoms with van der Waals surface area (Å²) in [4.78, 5) is 7.52. The van der Waals surface area contributed by atoms with Crippen LogP contribution in [0.25, 0.3) is 16.8 Å². The van der Waals surface area contributed by atoms with E-state index in [9.17, 15) is 8.42 Å². The van der Waals surface area contributed by atoms with Crippen LogP contribution in [0.15, 0.2) is 18.5 Å². The van der Waals surface area contributed by atoms with Crippen molar-refractivity contribution in [3.63, 3.8) is 0 Å². The summed E-state index contributed by atoms with van der Waals surface area (Å²) in [5.41, 5.74) is 2.48. The molecule has 0 saturated heterocycles. The lowest BCUT2D eigenvalue weighted by molar-refractivity contribution is 0.448. The van der Waals surface area contributed by atoms with Crippen molar-refractivity contribution in [2.45, 2.75) is 69.1 Å². The molecule has 0 amide bonds. The van der Waals surface area contributed by atoms with E-state index >= 15 is 0 Å². The third-order valence-electron chi connectivity index (χ3n) is 6.86. The molecule has 0 aliphatic heterocycles. The molecule has 150 valence electrons. The van der Waals surface area contributed by atoms with E-state index in [2.05, 4.69) is 36.2 Å². The number of aromatic nitrogens is 5. The highest BCUT2D eigenvalue weighted by atomic mass is 32.2. The lowest BCUT2D eigenvalue weighted by Gasteiger charge is -2.19. The molecule has 0 spiro atoms. The van der Waals surface area contributed by atoms with Gasteiger partial charge in [0.25, 0.3) is 0 Å². The number of nitrogens with one attached hydrogen (secondary N) is 2. The van der Waals surface area contributed by atoms with Crippen molar-refractivity contribution in [2.24, 2.45) is 5.92 Å². The first kappa shape index (κ1) is 18.1. The van der Waals surface area contributed by atoms with Gasteiger partial charge in [-0.15, -0.1) is 10.2 Å². The summed E-state index contributed by atoms with van der Waals surface area (Å²) in [5, 5.41) is 8.82. The summed E-state index contributed by atoms with van der Waals surface area (Å²) in [6.07, 6.45) is 8.41. The van der Waals surface area contributed by atoms with Crippen LogP contribution in [0.4, 0.5) is 0 Å². The Morgan fingerprint density at radius 1 is 1.29 bits per heavy atom. The number of aromatic amines is 1. The monoisotopic (exact) mass is 402 g/mol. The standard InChI is InChI=1S/C19H26N6O2S/c1-3-12-9-13(24-28(26,27)19(4-2)6-7-19)10-14(12)18-23-22-16-11-21-17-15(25(16)18)5-8-20-17/h5,8,11-14,20,24H,3-4,6-7,9-10H2,1-2H3/t12-,13+,14+/m1/s1. The van der Waals surface area contributed by atoms with E-state index in [1.54, 1.807) is 6.20 Å². The zero-order valence-electron chi connectivity index (χ0n) is 16.2. The number of fused-ring (bicyclic) bond motifs is 3. The quantitative estimate of drug-likeness (QED) is 0.660. The summed E-state index contributed by atoms with van der Waals surface area (Å²) in [6.45, 7) is 4.14. The van der Waals surface area contributed by atoms with E-state index in [1.807, 2.05) is 19.2 Å². The van der Waals surface area contributed by atoms with Crippen LogP contribution in [0, 0.1) is 5.92 Å². The summed E-state index contributed by atoms with van der Waals surface area (Å²) < 4.78 is 30.3. The number of hydrogen-bond acceptors (Lipinski definition) is 5. The van der Waals surface area contributed by atoms with E-state index in [-0.39, 0.29) is 12.0 Å². The molecule has 3 aromatic rings. The van der Waals surface area contributed by atoms with Crippen molar-refractivity contribution in [3.05, 3.63) is 24.3 Å². The molecule has 28 heavy (non-hydrogen) atoms. The minimum absolute atomic E-state index is 0.0418. The van der Waals surface area contributed by atoms with E-state index in [0.29, 0.717) is 12.3 Å². The van der Waals surface area contributed by atoms with Crippen molar-refractivity contribution in [2.75, 3.05) is 0 Å². The lowest BCUT2D eigenvalue weighted by Crippen LogP contribution is -2.41. The molecular weight excluding hydrogens is 376 g/mol. The Labute approximate surface area is 164 Å². The van der Waals surface area contributed by atoms with Crippen LogP contribution in [0.1, 0.15) is 64.1 Å². The van der Waals surface area contributed by atoms with E-state index in [4.69, 9.17) is 0 Å². The molecule has 0 radical (unpaired) electrons. The van der Waals surface area contributed by atoms with Crippen LogP contribution in [0.2, 0.25) is 0 Å². The average molecular weight is 403 g/mol. The van der Waals surface area contributed by atoms with Gasteiger partial charge in [-0.2, -0.15) is 0 Å². The second kappa shape index (κ2) is 6.25. The molecular formula is C19H26N6O2S. The smallest absolute Gasteiger partial charge is 0.217 e. The third kappa shape index (κ3) is 2.59. The zero-order valence-corrected chi connectivity index (χ0v) is 17.0. The van der Waals surface area contributed by atoms with Gasteiger partial charge in [0.1, 0.15) is 5.82 Å². The van der Waals surface area contributed by atoms with Crippen molar-refractivity contribution in [1.82, 2.24) is 29.3 Å². The number of H-pyrrole nitrogens is 1. The van der Waals surface area contributed by atoms with Crippen LogP contribution < -0.4 is 4.72 Å². The van der Waals surface area contributed by atoms with Gasteiger partial charge in [-0.1, -0.05) is 20.3 Å². The number of sulfonamides is 1. The molecule has 0 aromatic carbocycles. The maximum atomic E-state index is 12.9. The molecule has 0 bridgehead atoms. The van der Waals surface area contributed by atoms with Gasteiger partial charge in [0.05, 0.1) is 16.5 Å². The van der Waals surface area contributed by atoms with Crippen LogP contribution in [0.5, 0.6) is 0 Å². The zero-order chi connectivity index (χ0) is 19.5. The summed E-state index contributed by atoms with van der Waals surface area (Å²) in [7, 11) is -3.28. The predicted molar refractivity (Wildman–Crippen MR) is 106 cm³/mol. The van der Waals surface area contributed by atoms with Gasteiger partial charge in [-0.3, -0.25) is 4.40 Å². The molecule has 5 rings (SSSR count). The molecule has 3 heterocycles. The second-order valence-corrected chi connectivity index (χ2v) is 10.4. The van der Waals surface area contributed by atoms with Crippen molar-refractivity contribution < 1.29 is 8.42 Å². The Morgan fingerprint density at radius 2 is 2.11 bits per heavy atom. The van der Waals surface area contributed by atoms with Gasteiger partial charge in [0.15, 0.2) is 11.3 Å². The molecule has 2 N–H and O–H groups in total. The van der Waals surface area contributed by atoms with Gasteiger partial charge in [0, 0.05) is 18.2 Å². The fraction of sp³-hybridized carbons (Fsp3) is 0.632. The molecule has 2 fully saturated rings. The van der Waals surface area contributed by atoms with Gasteiger partial charge in [0.2, 0.25) is 10.0 Å². The molecule has 2 aliphatic carbocycles. The van der Waals surface area contributed by atoms with Crippen LogP contribution >= 0.6 is 0 Å². The fourth-order valence-electron chi connectivity index (χ4n) is 4.92. The number of hydrogen-bond donors (Lipinski definition) is 2. The van der Waals surface area contributed by atoms with Crippen LogP contribution in [-0.4, -0.2) is 43.8 Å². The Bertz CT molecular complexity index is 1130. The molecule has 3 aromatic heterocycles. The Morgan fingerprint density at radius 3 is 2.82 bits per heavy atom. The van der Waals surface area contributed by atoms with Gasteiger partial charge < -0.3 is 4.98 Å². The van der Waals surface area contributed by atoms with E-state index in [0.717, 1.165) is 54.7 Å². The van der Waals surface area contributed by atoms with Crippen LogP contribution in [0.3, 0.4) is 0 Å². The minimum atomic E-state index is -3.28. The average Bonchev–Trinajstić information content (AvgIpc) is 3.02. The van der Waals surface area contributed by atoms with Crippen molar-refractivity contribution >= 4 is 26.8 Å². The largest absolute Gasteiger partial charge is 0.345 e. The minimum Gasteiger partial charge on any atom is -0.345 e. The molecule has 0 unspecified atom stereocenters. The first-order valence-corrected chi connectivity index (χ1v) is 11.7. The topological polar surface area (TPSA) is 105 Å². The number of rotatable bonds is 6. The van der Waals surface area contributed by atoms with Gasteiger partial charge >= 0.3 is 0 Å². The first-order valence-electron chi connectivity index (χ1n) is 10.2. The SMILES string of the molecule is CC[C@@H]1C[C@H](NS(=O)(=O)C2(CC)CC2)C[C@@H]1c1nnc2cnc3[nH]ccc3n12. The highest BCUT2D eigenvalue weighted by molar-refractivity contribution is 7.91. The fourth-order valence-corrected chi connectivity index (χ4v) is 6.82. The molecule has 9 heteroatoms. The molecule has 2 saturated carbocycles. The molecule has 2 aliphatic rings.